The summed E-state index contributed by atoms with van der Waals surface area (Å²) in [5.74, 6) is 0.264. The molecule has 0 bridgehead atoms. The first-order valence-corrected chi connectivity index (χ1v) is 10.6. The van der Waals surface area contributed by atoms with Gasteiger partial charge in [0.2, 0.25) is 0 Å². The van der Waals surface area contributed by atoms with Crippen molar-refractivity contribution < 1.29 is 4.39 Å². The van der Waals surface area contributed by atoms with Crippen LogP contribution in [0.1, 0.15) is 5.56 Å². The van der Waals surface area contributed by atoms with Crippen molar-refractivity contribution in [2.45, 2.75) is 17.5 Å². The minimum atomic E-state index is -0.268. The van der Waals surface area contributed by atoms with E-state index in [1.165, 1.54) is 35.2 Å². The molecule has 3 nitrogen and oxygen atoms in total. The maximum absolute atomic E-state index is 13.4. The van der Waals surface area contributed by atoms with Gasteiger partial charge in [-0.1, -0.05) is 60.3 Å². The standard InChI is InChI=1S/C22H17FN2OS2/c1-2-11-25-21(26)19-18(16-8-4-3-5-9-16)14-27-20(19)24-22(25)28-13-15-7-6-10-17(23)12-15/h2-10,12,14H,1,11,13H2. The van der Waals surface area contributed by atoms with E-state index >= 15 is 0 Å². The molecule has 0 unspecified atom stereocenters. The quantitative estimate of drug-likeness (QED) is 0.232. The van der Waals surface area contributed by atoms with Crippen LogP contribution >= 0.6 is 23.1 Å². The Balaban J connectivity index is 1.78. The lowest BCUT2D eigenvalue weighted by atomic mass is 10.1. The number of halogens is 1. The minimum absolute atomic E-state index is 0.0771. The summed E-state index contributed by atoms with van der Waals surface area (Å²) in [6.07, 6.45) is 1.69. The van der Waals surface area contributed by atoms with Crippen molar-refractivity contribution in [2.75, 3.05) is 0 Å². The second-order valence-electron chi connectivity index (χ2n) is 6.21. The molecule has 28 heavy (non-hydrogen) atoms. The topological polar surface area (TPSA) is 34.9 Å². The van der Waals surface area contributed by atoms with Gasteiger partial charge >= 0.3 is 0 Å². The predicted octanol–water partition coefficient (Wildman–Crippen LogP) is 5.74. The maximum Gasteiger partial charge on any atom is 0.263 e. The lowest BCUT2D eigenvalue weighted by molar-refractivity contribution is 0.626. The molecule has 0 spiro atoms. The van der Waals surface area contributed by atoms with E-state index in [-0.39, 0.29) is 11.4 Å². The highest BCUT2D eigenvalue weighted by atomic mass is 32.2. The summed E-state index contributed by atoms with van der Waals surface area (Å²) in [5.41, 5.74) is 2.67. The molecule has 140 valence electrons. The highest BCUT2D eigenvalue weighted by molar-refractivity contribution is 7.98. The summed E-state index contributed by atoms with van der Waals surface area (Å²) in [4.78, 5) is 18.7. The van der Waals surface area contributed by atoms with E-state index in [0.717, 1.165) is 16.7 Å². The smallest absolute Gasteiger partial charge is 0.263 e. The first-order valence-electron chi connectivity index (χ1n) is 8.73. The monoisotopic (exact) mass is 408 g/mol. The van der Waals surface area contributed by atoms with Gasteiger partial charge in [-0.3, -0.25) is 9.36 Å². The third-order valence-corrected chi connectivity index (χ3v) is 6.23. The van der Waals surface area contributed by atoms with Crippen molar-refractivity contribution >= 4 is 33.3 Å². The zero-order chi connectivity index (χ0) is 19.5. The zero-order valence-electron chi connectivity index (χ0n) is 15.0. The molecule has 0 atom stereocenters. The molecule has 0 amide bonds. The average molecular weight is 409 g/mol. The molecular weight excluding hydrogens is 391 g/mol. The van der Waals surface area contributed by atoms with Gasteiger partial charge in [0.05, 0.1) is 5.39 Å². The van der Waals surface area contributed by atoms with Crippen LogP contribution in [0.2, 0.25) is 0 Å². The van der Waals surface area contributed by atoms with Crippen molar-refractivity contribution in [3.63, 3.8) is 0 Å². The third kappa shape index (κ3) is 3.66. The van der Waals surface area contributed by atoms with Crippen LogP contribution in [0.15, 0.2) is 82.6 Å². The highest BCUT2D eigenvalue weighted by Crippen LogP contribution is 2.32. The Hall–Kier alpha value is -2.70. The van der Waals surface area contributed by atoms with Crippen LogP contribution in [0.3, 0.4) is 0 Å². The normalized spacial score (nSPS) is 11.0. The van der Waals surface area contributed by atoms with E-state index < -0.39 is 0 Å². The number of benzene rings is 2. The molecule has 0 N–H and O–H groups in total. The number of thioether (sulfide) groups is 1. The first-order chi connectivity index (χ1) is 13.7. The molecular formula is C22H17FN2OS2. The van der Waals surface area contributed by atoms with Gasteiger partial charge in [0.15, 0.2) is 5.16 Å². The number of thiophene rings is 1. The van der Waals surface area contributed by atoms with Gasteiger partial charge in [-0.2, -0.15) is 0 Å². The molecule has 2 aromatic heterocycles. The number of nitrogens with zero attached hydrogens (tertiary/aromatic N) is 2. The van der Waals surface area contributed by atoms with Crippen molar-refractivity contribution in [3.8, 4) is 11.1 Å². The summed E-state index contributed by atoms with van der Waals surface area (Å²) < 4.78 is 15.1. The van der Waals surface area contributed by atoms with Crippen molar-refractivity contribution in [1.29, 1.82) is 0 Å². The van der Waals surface area contributed by atoms with E-state index in [9.17, 15) is 9.18 Å². The summed E-state index contributed by atoms with van der Waals surface area (Å²) >= 11 is 2.89. The van der Waals surface area contributed by atoms with Crippen LogP contribution in [-0.2, 0) is 12.3 Å². The van der Waals surface area contributed by atoms with Crippen molar-refractivity contribution in [3.05, 3.63) is 94.4 Å². The molecule has 0 fully saturated rings. The van der Waals surface area contributed by atoms with E-state index in [0.29, 0.717) is 27.7 Å². The molecule has 4 aromatic rings. The SMILES string of the molecule is C=CCn1c(SCc2cccc(F)c2)nc2scc(-c3ccccc3)c2c1=O. The summed E-state index contributed by atoms with van der Waals surface area (Å²) in [6.45, 7) is 4.14. The summed E-state index contributed by atoms with van der Waals surface area (Å²) in [6, 6.07) is 16.3. The van der Waals surface area contributed by atoms with Gasteiger partial charge < -0.3 is 0 Å². The van der Waals surface area contributed by atoms with E-state index in [1.807, 2.05) is 41.8 Å². The first kappa shape index (κ1) is 18.7. The summed E-state index contributed by atoms with van der Waals surface area (Å²) in [5, 5.41) is 3.23. The average Bonchev–Trinajstić information content (AvgIpc) is 3.14. The largest absolute Gasteiger partial charge is 0.283 e. The van der Waals surface area contributed by atoms with Crippen LogP contribution in [0, 0.1) is 5.82 Å². The lowest BCUT2D eigenvalue weighted by Crippen LogP contribution is -2.22. The number of aromatic nitrogens is 2. The van der Waals surface area contributed by atoms with Gasteiger partial charge in [0.25, 0.3) is 5.56 Å². The molecule has 2 aromatic carbocycles. The Morgan fingerprint density at radius 2 is 2.00 bits per heavy atom. The Morgan fingerprint density at radius 1 is 1.18 bits per heavy atom. The lowest BCUT2D eigenvalue weighted by Gasteiger charge is -2.11. The van der Waals surface area contributed by atoms with Crippen LogP contribution in [0.5, 0.6) is 0 Å². The molecule has 6 heteroatoms. The number of hydrogen-bond acceptors (Lipinski definition) is 4. The fraction of sp³-hybridized carbons (Fsp3) is 0.0909. The Bertz CT molecular complexity index is 1200. The molecule has 0 aliphatic carbocycles. The van der Waals surface area contributed by atoms with Gasteiger partial charge in [-0.05, 0) is 23.3 Å². The van der Waals surface area contributed by atoms with Crippen LogP contribution in [-0.4, -0.2) is 9.55 Å². The zero-order valence-corrected chi connectivity index (χ0v) is 16.6. The van der Waals surface area contributed by atoms with Gasteiger partial charge in [0.1, 0.15) is 10.6 Å². The molecule has 0 aliphatic heterocycles. The fourth-order valence-electron chi connectivity index (χ4n) is 3.01. The maximum atomic E-state index is 13.4. The van der Waals surface area contributed by atoms with Gasteiger partial charge in [-0.15, -0.1) is 17.9 Å². The second-order valence-corrected chi connectivity index (χ2v) is 8.01. The molecule has 2 heterocycles. The Morgan fingerprint density at radius 3 is 2.75 bits per heavy atom. The second kappa shape index (κ2) is 8.12. The van der Waals surface area contributed by atoms with Crippen LogP contribution in [0.4, 0.5) is 4.39 Å². The van der Waals surface area contributed by atoms with Crippen molar-refractivity contribution in [1.82, 2.24) is 9.55 Å². The summed E-state index contributed by atoms with van der Waals surface area (Å²) in [7, 11) is 0. The number of fused-ring (bicyclic) bond motifs is 1. The predicted molar refractivity (Wildman–Crippen MR) is 115 cm³/mol. The van der Waals surface area contributed by atoms with Gasteiger partial charge in [-0.25, -0.2) is 9.37 Å². The highest BCUT2D eigenvalue weighted by Gasteiger charge is 2.17. The number of hydrogen-bond donors (Lipinski definition) is 0. The molecule has 0 saturated carbocycles. The van der Waals surface area contributed by atoms with Gasteiger partial charge in [0, 0.05) is 23.2 Å². The minimum Gasteiger partial charge on any atom is -0.283 e. The van der Waals surface area contributed by atoms with E-state index in [4.69, 9.17) is 4.98 Å². The third-order valence-electron chi connectivity index (χ3n) is 4.31. The van der Waals surface area contributed by atoms with Crippen LogP contribution < -0.4 is 5.56 Å². The molecule has 0 aliphatic rings. The van der Waals surface area contributed by atoms with Crippen LogP contribution in [0.25, 0.3) is 21.3 Å². The fourth-order valence-corrected chi connectivity index (χ4v) is 4.95. The van der Waals surface area contributed by atoms with E-state index in [2.05, 4.69) is 6.58 Å². The van der Waals surface area contributed by atoms with Crippen molar-refractivity contribution in [2.24, 2.45) is 0 Å². The van der Waals surface area contributed by atoms with E-state index in [1.54, 1.807) is 16.7 Å². The number of allylic oxidation sites excluding steroid dienone is 1. The Kier molecular flexibility index (Phi) is 5.41. The Labute approximate surface area is 170 Å². The number of rotatable bonds is 6. The molecule has 4 rings (SSSR count). The molecule has 0 radical (unpaired) electrons. The molecule has 0 saturated heterocycles.